The zero-order chi connectivity index (χ0) is 13.5. The summed E-state index contributed by atoms with van der Waals surface area (Å²) in [5, 5.41) is 11.0. The van der Waals surface area contributed by atoms with Crippen LogP contribution in [0.2, 0.25) is 0 Å². The molecular weight excluding hydrogens is 252 g/mol. The van der Waals surface area contributed by atoms with E-state index >= 15 is 0 Å². The van der Waals surface area contributed by atoms with E-state index < -0.39 is 0 Å². The third-order valence-electron chi connectivity index (χ3n) is 3.14. The van der Waals surface area contributed by atoms with E-state index in [0.29, 0.717) is 5.69 Å². The maximum atomic E-state index is 8.73. The second-order valence-electron chi connectivity index (χ2n) is 4.67. The summed E-state index contributed by atoms with van der Waals surface area (Å²) in [6, 6.07) is 8.04. The Kier molecular flexibility index (Phi) is 5.11. The van der Waals surface area contributed by atoms with Gasteiger partial charge in [-0.3, -0.25) is 0 Å². The van der Waals surface area contributed by atoms with Crippen molar-refractivity contribution in [3.05, 3.63) is 41.0 Å². The van der Waals surface area contributed by atoms with Crippen LogP contribution in [-0.2, 0) is 6.42 Å². The fourth-order valence-electron chi connectivity index (χ4n) is 2.02. The summed E-state index contributed by atoms with van der Waals surface area (Å²) in [7, 11) is 0. The number of hydrogen-bond acceptors (Lipinski definition) is 3. The summed E-state index contributed by atoms with van der Waals surface area (Å²) in [5.74, 6) is 0. The molecule has 0 amide bonds. The van der Waals surface area contributed by atoms with Gasteiger partial charge in [0.05, 0.1) is 0 Å². The molecule has 0 saturated carbocycles. The van der Waals surface area contributed by atoms with Crippen LogP contribution >= 0.6 is 11.3 Å². The number of pyridine rings is 1. The lowest BCUT2D eigenvalue weighted by Gasteiger charge is -1.97. The molecular formula is C16H18N2S. The van der Waals surface area contributed by atoms with Crippen molar-refractivity contribution in [1.29, 1.82) is 5.26 Å². The van der Waals surface area contributed by atoms with Gasteiger partial charge < -0.3 is 0 Å². The van der Waals surface area contributed by atoms with Crippen LogP contribution in [0.4, 0.5) is 0 Å². The van der Waals surface area contributed by atoms with Gasteiger partial charge in [0.25, 0.3) is 0 Å². The molecule has 0 fully saturated rings. The van der Waals surface area contributed by atoms with E-state index in [1.54, 1.807) is 23.6 Å². The number of thiophene rings is 1. The summed E-state index contributed by atoms with van der Waals surface area (Å²) < 4.78 is 0. The number of aryl methyl sites for hydroxylation is 1. The van der Waals surface area contributed by atoms with Crippen molar-refractivity contribution in [1.82, 2.24) is 4.98 Å². The van der Waals surface area contributed by atoms with Crippen molar-refractivity contribution in [3.8, 4) is 16.5 Å². The molecule has 0 unspecified atom stereocenters. The first-order valence-electron chi connectivity index (χ1n) is 6.77. The Morgan fingerprint density at radius 3 is 2.84 bits per heavy atom. The normalized spacial score (nSPS) is 10.3. The van der Waals surface area contributed by atoms with E-state index in [0.717, 1.165) is 5.56 Å². The van der Waals surface area contributed by atoms with Crippen molar-refractivity contribution in [2.45, 2.75) is 39.0 Å². The maximum absolute atomic E-state index is 8.73. The number of hydrogen-bond donors (Lipinski definition) is 0. The van der Waals surface area contributed by atoms with Crippen LogP contribution < -0.4 is 0 Å². The highest BCUT2D eigenvalue weighted by atomic mass is 32.1. The maximum Gasteiger partial charge on any atom is 0.140 e. The average Bonchev–Trinajstić information content (AvgIpc) is 2.92. The van der Waals surface area contributed by atoms with Crippen molar-refractivity contribution < 1.29 is 0 Å². The average molecular weight is 270 g/mol. The van der Waals surface area contributed by atoms with Gasteiger partial charge in [-0.2, -0.15) is 5.26 Å². The zero-order valence-electron chi connectivity index (χ0n) is 11.2. The van der Waals surface area contributed by atoms with Gasteiger partial charge in [0.15, 0.2) is 0 Å². The Labute approximate surface area is 118 Å². The lowest BCUT2D eigenvalue weighted by Crippen LogP contribution is -1.83. The highest BCUT2D eigenvalue weighted by Crippen LogP contribution is 2.27. The van der Waals surface area contributed by atoms with Gasteiger partial charge in [0.2, 0.25) is 0 Å². The first-order valence-corrected chi connectivity index (χ1v) is 7.65. The standard InChI is InChI=1S/C16H18N2S/c1-2-3-4-5-6-13-9-16(19-12-13)14-7-8-15(10-17)18-11-14/h7-9,11-12H,2-6H2,1H3. The van der Waals surface area contributed by atoms with Gasteiger partial charge in [-0.15, -0.1) is 11.3 Å². The predicted octanol–water partition coefficient (Wildman–Crippen LogP) is 4.80. The fraction of sp³-hybridized carbons (Fsp3) is 0.375. The van der Waals surface area contributed by atoms with Crippen LogP contribution in [0.5, 0.6) is 0 Å². The number of nitriles is 1. The molecule has 0 atom stereocenters. The first-order chi connectivity index (χ1) is 9.33. The summed E-state index contributed by atoms with van der Waals surface area (Å²) in [5.41, 5.74) is 2.99. The van der Waals surface area contributed by atoms with Gasteiger partial charge >= 0.3 is 0 Å². The van der Waals surface area contributed by atoms with Crippen LogP contribution in [0, 0.1) is 11.3 Å². The molecule has 0 saturated heterocycles. The van der Waals surface area contributed by atoms with Crippen LogP contribution in [0.15, 0.2) is 29.8 Å². The van der Waals surface area contributed by atoms with Crippen LogP contribution in [0.25, 0.3) is 10.4 Å². The summed E-state index contributed by atoms with van der Waals surface area (Å²) in [6.45, 7) is 2.24. The third-order valence-corrected chi connectivity index (χ3v) is 4.16. The number of nitrogens with zero attached hydrogens (tertiary/aromatic N) is 2. The summed E-state index contributed by atoms with van der Waals surface area (Å²) >= 11 is 1.76. The molecule has 0 N–H and O–H groups in total. The summed E-state index contributed by atoms with van der Waals surface area (Å²) in [4.78, 5) is 5.35. The topological polar surface area (TPSA) is 36.7 Å². The Morgan fingerprint density at radius 2 is 2.16 bits per heavy atom. The van der Waals surface area contributed by atoms with Crippen molar-refractivity contribution in [2.75, 3.05) is 0 Å². The Morgan fingerprint density at radius 1 is 1.26 bits per heavy atom. The molecule has 3 heteroatoms. The molecule has 0 bridgehead atoms. The minimum absolute atomic E-state index is 0.472. The molecule has 2 heterocycles. The van der Waals surface area contributed by atoms with E-state index in [1.165, 1.54) is 42.5 Å². The molecule has 19 heavy (non-hydrogen) atoms. The van der Waals surface area contributed by atoms with Gasteiger partial charge in [-0.05, 0) is 42.0 Å². The van der Waals surface area contributed by atoms with Gasteiger partial charge in [0.1, 0.15) is 11.8 Å². The van der Waals surface area contributed by atoms with Crippen molar-refractivity contribution in [2.24, 2.45) is 0 Å². The number of unbranched alkanes of at least 4 members (excludes halogenated alkanes) is 3. The minimum atomic E-state index is 0.472. The molecule has 2 aromatic heterocycles. The SMILES string of the molecule is CCCCCCc1csc(-c2ccc(C#N)nc2)c1. The molecule has 0 spiro atoms. The molecule has 2 nitrogen and oxygen atoms in total. The van der Waals surface area contributed by atoms with E-state index in [9.17, 15) is 0 Å². The molecule has 0 aliphatic rings. The number of rotatable bonds is 6. The second kappa shape index (κ2) is 7.06. The quantitative estimate of drug-likeness (QED) is 0.707. The second-order valence-corrected chi connectivity index (χ2v) is 5.59. The Bertz CT molecular complexity index is 549. The van der Waals surface area contributed by atoms with Gasteiger partial charge in [0, 0.05) is 16.6 Å². The van der Waals surface area contributed by atoms with E-state index in [-0.39, 0.29) is 0 Å². The largest absolute Gasteiger partial charge is 0.245 e. The van der Waals surface area contributed by atoms with Crippen molar-refractivity contribution in [3.63, 3.8) is 0 Å². The van der Waals surface area contributed by atoms with E-state index in [1.807, 2.05) is 12.1 Å². The molecule has 0 aliphatic carbocycles. The molecule has 0 radical (unpaired) electrons. The monoisotopic (exact) mass is 270 g/mol. The minimum Gasteiger partial charge on any atom is -0.245 e. The highest BCUT2D eigenvalue weighted by molar-refractivity contribution is 7.13. The third kappa shape index (κ3) is 3.90. The van der Waals surface area contributed by atoms with Crippen LogP contribution in [0.1, 0.15) is 43.9 Å². The van der Waals surface area contributed by atoms with Crippen molar-refractivity contribution >= 4 is 11.3 Å². The number of aromatic nitrogens is 1. The smallest absolute Gasteiger partial charge is 0.140 e. The molecule has 2 aromatic rings. The fourth-order valence-corrected chi connectivity index (χ4v) is 2.96. The lowest BCUT2D eigenvalue weighted by atomic mass is 10.1. The van der Waals surface area contributed by atoms with Gasteiger partial charge in [-0.1, -0.05) is 26.2 Å². The van der Waals surface area contributed by atoms with E-state index in [4.69, 9.17) is 5.26 Å². The van der Waals surface area contributed by atoms with Crippen LogP contribution in [0.3, 0.4) is 0 Å². The lowest BCUT2D eigenvalue weighted by molar-refractivity contribution is 0.667. The zero-order valence-corrected chi connectivity index (χ0v) is 12.0. The molecule has 0 aliphatic heterocycles. The predicted molar refractivity (Wildman–Crippen MR) is 80.1 cm³/mol. The highest BCUT2D eigenvalue weighted by Gasteiger charge is 2.03. The summed E-state index contributed by atoms with van der Waals surface area (Å²) in [6.07, 6.45) is 8.16. The van der Waals surface area contributed by atoms with E-state index in [2.05, 4.69) is 23.4 Å². The molecule has 0 aromatic carbocycles. The molecule has 98 valence electrons. The first kappa shape index (κ1) is 13.8. The molecule has 2 rings (SSSR count). The Hall–Kier alpha value is -1.66. The van der Waals surface area contributed by atoms with Gasteiger partial charge in [-0.25, -0.2) is 4.98 Å². The Balaban J connectivity index is 1.98. The van der Waals surface area contributed by atoms with Crippen LogP contribution in [-0.4, -0.2) is 4.98 Å².